The first-order valence-corrected chi connectivity index (χ1v) is 10.8. The quantitative estimate of drug-likeness (QED) is 0.574. The molecule has 2 heterocycles. The summed E-state index contributed by atoms with van der Waals surface area (Å²) >= 11 is 3.50. The molecule has 1 saturated heterocycles. The molecule has 4 atom stereocenters. The zero-order valence-electron chi connectivity index (χ0n) is 12.3. The molecule has 0 aliphatic carbocycles. The summed E-state index contributed by atoms with van der Waals surface area (Å²) < 4.78 is 5.98. The van der Waals surface area contributed by atoms with Gasteiger partial charge in [0, 0.05) is 12.3 Å². The third kappa shape index (κ3) is 4.01. The molecule has 0 saturated carbocycles. The molecule has 0 spiro atoms. The minimum atomic E-state index is -1.15. The van der Waals surface area contributed by atoms with Crippen molar-refractivity contribution in [2.24, 2.45) is 0 Å². The lowest BCUT2D eigenvalue weighted by Gasteiger charge is -2.32. The predicted molar refractivity (Wildman–Crippen MR) is 91.0 cm³/mol. The summed E-state index contributed by atoms with van der Waals surface area (Å²) in [6.07, 6.45) is 7.76. The van der Waals surface area contributed by atoms with Crippen LogP contribution < -0.4 is 5.32 Å². The highest BCUT2D eigenvalue weighted by molar-refractivity contribution is 9.09. The average molecular weight is 377 g/mol. The van der Waals surface area contributed by atoms with E-state index in [1.165, 1.54) is 6.08 Å². The Morgan fingerprint density at radius 3 is 2.81 bits per heavy atom. The molecule has 1 amide bonds. The number of hydrogen-bond acceptors (Lipinski definition) is 4. The number of aliphatic hydroxyl groups is 1. The first-order valence-electron chi connectivity index (χ1n) is 6.80. The van der Waals surface area contributed by atoms with Crippen molar-refractivity contribution in [1.29, 1.82) is 0 Å². The molecule has 2 N–H and O–H groups in total. The van der Waals surface area contributed by atoms with E-state index in [9.17, 15) is 9.90 Å². The van der Waals surface area contributed by atoms with E-state index in [2.05, 4.69) is 47.5 Å². The van der Waals surface area contributed by atoms with E-state index < -0.39 is 13.0 Å². The maximum Gasteiger partial charge on any atom is 0.250 e. The van der Waals surface area contributed by atoms with Crippen LogP contribution in [-0.2, 0) is 9.53 Å². The number of amides is 1. The van der Waals surface area contributed by atoms with E-state index in [0.717, 1.165) is 12.6 Å². The molecule has 0 bridgehead atoms. The van der Waals surface area contributed by atoms with E-state index in [1.54, 1.807) is 11.1 Å². The van der Waals surface area contributed by atoms with Crippen molar-refractivity contribution in [2.75, 3.05) is 19.5 Å². The van der Waals surface area contributed by atoms with Gasteiger partial charge in [0.2, 0.25) is 0 Å². The van der Waals surface area contributed by atoms with E-state index in [1.807, 2.05) is 0 Å². The van der Waals surface area contributed by atoms with E-state index in [0.29, 0.717) is 5.82 Å². The lowest BCUT2D eigenvalue weighted by molar-refractivity contribution is -0.117. The fraction of sp³-hybridized carbons (Fsp3) is 0.571. The molecule has 5 nitrogen and oxygen atoms in total. The molecule has 2 aliphatic heterocycles. The topological polar surface area (TPSA) is 61.8 Å². The Morgan fingerprint density at radius 1 is 1.57 bits per heavy atom. The van der Waals surface area contributed by atoms with Crippen LogP contribution in [0.2, 0.25) is 0 Å². The Kier molecular flexibility index (Phi) is 5.03. The normalized spacial score (nSPS) is 33.4. The fourth-order valence-corrected chi connectivity index (χ4v) is 4.04. The van der Waals surface area contributed by atoms with Crippen LogP contribution >= 0.6 is 22.8 Å². The molecule has 0 unspecified atom stereocenters. The minimum Gasteiger partial charge on any atom is -0.389 e. The van der Waals surface area contributed by atoms with Crippen molar-refractivity contribution < 1.29 is 14.6 Å². The second-order valence-corrected chi connectivity index (χ2v) is 11.5. The molecule has 2 aliphatic rings. The highest BCUT2D eigenvalue weighted by Gasteiger charge is 2.45. The Hall–Kier alpha value is -0.550. The summed E-state index contributed by atoms with van der Waals surface area (Å²) in [7, 11) is 0. The number of halogens is 1. The maximum absolute atomic E-state index is 11.3. The molecule has 1 fully saturated rings. The van der Waals surface area contributed by atoms with Crippen LogP contribution in [0.5, 0.6) is 0 Å². The van der Waals surface area contributed by atoms with Gasteiger partial charge < -0.3 is 20.1 Å². The summed E-state index contributed by atoms with van der Waals surface area (Å²) in [5.74, 6) is 0.246. The summed E-state index contributed by atoms with van der Waals surface area (Å²) in [4.78, 5) is 12.8. The van der Waals surface area contributed by atoms with Gasteiger partial charge >= 0.3 is 0 Å². The fourth-order valence-electron chi connectivity index (χ4n) is 2.37. The van der Waals surface area contributed by atoms with Crippen molar-refractivity contribution in [3.8, 4) is 0 Å². The maximum atomic E-state index is 11.3. The number of carbonyl (C=O) groups excluding carboxylic acids is 1. The van der Waals surface area contributed by atoms with Gasteiger partial charge in [-0.15, -0.1) is 13.2 Å². The highest BCUT2D eigenvalue weighted by Crippen LogP contribution is 2.39. The smallest absolute Gasteiger partial charge is 0.250 e. The van der Waals surface area contributed by atoms with Crippen LogP contribution in [0.3, 0.4) is 0 Å². The molecule has 0 aromatic rings. The summed E-state index contributed by atoms with van der Waals surface area (Å²) in [6, 6.07) is 0. The van der Waals surface area contributed by atoms with Gasteiger partial charge in [-0.25, -0.2) is 0 Å². The predicted octanol–water partition coefficient (Wildman–Crippen LogP) is 1.35. The van der Waals surface area contributed by atoms with Crippen LogP contribution in [0, 0.1) is 0 Å². The van der Waals surface area contributed by atoms with Gasteiger partial charge in [-0.05, 0) is 25.9 Å². The first-order chi connectivity index (χ1) is 9.69. The second-order valence-electron chi connectivity index (χ2n) is 6.11. The molecule has 2 rings (SSSR count). The lowest BCUT2D eigenvalue weighted by atomic mass is 10.1. The Bertz CT molecular complexity index is 516. The standard InChI is InChI=1S/C14H22BrN2O3P/c1-9-16-11(18)5-7-17(9)14-12(15)13(19)10(20-14)6-8-21(2,3)4/h5,7,10,12-14,19H,1-2,6,8H2,3-4H3,(H,16,18)/t10-,12-,13-,14-/m1/s1. The van der Waals surface area contributed by atoms with Gasteiger partial charge in [0.1, 0.15) is 5.82 Å². The molecular formula is C14H22BrN2O3P. The lowest BCUT2D eigenvalue weighted by Crippen LogP contribution is -2.44. The third-order valence-electron chi connectivity index (χ3n) is 3.55. The molecule has 0 aromatic carbocycles. The zero-order valence-corrected chi connectivity index (χ0v) is 14.8. The highest BCUT2D eigenvalue weighted by atomic mass is 79.9. The van der Waals surface area contributed by atoms with Crippen LogP contribution in [0.15, 0.2) is 24.7 Å². The van der Waals surface area contributed by atoms with Crippen molar-refractivity contribution >= 4 is 35.0 Å². The number of nitrogens with one attached hydrogen (secondary N) is 1. The molecular weight excluding hydrogens is 355 g/mol. The molecule has 21 heavy (non-hydrogen) atoms. The Balaban J connectivity index is 2.06. The number of alkyl halides is 1. The molecule has 0 radical (unpaired) electrons. The third-order valence-corrected chi connectivity index (χ3v) is 6.02. The number of carbonyl (C=O) groups is 1. The van der Waals surface area contributed by atoms with Crippen LogP contribution in [-0.4, -0.2) is 65.0 Å². The van der Waals surface area contributed by atoms with Gasteiger partial charge in [0.25, 0.3) is 5.91 Å². The summed E-state index contributed by atoms with van der Waals surface area (Å²) in [5, 5.41) is 13.0. The molecule has 0 aromatic heterocycles. The van der Waals surface area contributed by atoms with Crippen molar-refractivity contribution in [2.45, 2.75) is 29.7 Å². The van der Waals surface area contributed by atoms with Crippen molar-refractivity contribution in [1.82, 2.24) is 10.2 Å². The second kappa shape index (κ2) is 6.29. The van der Waals surface area contributed by atoms with Crippen molar-refractivity contribution in [3.05, 3.63) is 24.7 Å². The summed E-state index contributed by atoms with van der Waals surface area (Å²) in [5.41, 5.74) is 0. The number of rotatable bonds is 4. The van der Waals surface area contributed by atoms with Gasteiger partial charge in [0.15, 0.2) is 6.23 Å². The number of nitrogens with zero attached hydrogens (tertiary/aromatic N) is 1. The van der Waals surface area contributed by atoms with Crippen LogP contribution in [0.1, 0.15) is 6.42 Å². The average Bonchev–Trinajstić information content (AvgIpc) is 2.64. The van der Waals surface area contributed by atoms with Crippen LogP contribution in [0.4, 0.5) is 0 Å². The van der Waals surface area contributed by atoms with Gasteiger partial charge in [-0.1, -0.05) is 22.5 Å². The number of ether oxygens (including phenoxy) is 1. The Morgan fingerprint density at radius 2 is 2.24 bits per heavy atom. The van der Waals surface area contributed by atoms with Gasteiger partial charge in [0.05, 0.1) is 17.0 Å². The van der Waals surface area contributed by atoms with Crippen molar-refractivity contribution in [3.63, 3.8) is 0 Å². The SMILES string of the molecule is C=C1NC(=O)C=CN1[C@@H]1O[C@H](CCP(=C)(C)C)[C@@H](O)[C@H]1Br. The van der Waals surface area contributed by atoms with Gasteiger partial charge in [-0.3, -0.25) is 4.79 Å². The Labute approximate surface area is 134 Å². The van der Waals surface area contributed by atoms with E-state index >= 15 is 0 Å². The van der Waals surface area contributed by atoms with E-state index in [4.69, 9.17) is 4.74 Å². The zero-order chi connectivity index (χ0) is 15.8. The van der Waals surface area contributed by atoms with E-state index in [-0.39, 0.29) is 23.1 Å². The summed E-state index contributed by atoms with van der Waals surface area (Å²) in [6.45, 7) is 7.01. The van der Waals surface area contributed by atoms with Crippen LogP contribution in [0.25, 0.3) is 0 Å². The number of aliphatic hydroxyl groups excluding tert-OH is 1. The largest absolute Gasteiger partial charge is 0.389 e. The molecule has 7 heteroatoms. The molecule has 118 valence electrons. The monoisotopic (exact) mass is 376 g/mol. The van der Waals surface area contributed by atoms with Gasteiger partial charge in [-0.2, -0.15) is 0 Å². The number of hydrogen-bond donors (Lipinski definition) is 2. The first kappa shape index (κ1) is 16.8. The minimum absolute atomic E-state index is 0.207.